The number of rotatable bonds is 13. The van der Waals surface area contributed by atoms with Crippen molar-refractivity contribution in [3.8, 4) is 33.6 Å². The molecule has 2 aromatic carbocycles. The van der Waals surface area contributed by atoms with Crippen molar-refractivity contribution in [3.63, 3.8) is 0 Å². The topological polar surface area (TPSA) is 193 Å². The summed E-state index contributed by atoms with van der Waals surface area (Å²) in [5.74, 6) is 1.89. The van der Waals surface area contributed by atoms with Crippen LogP contribution in [0.5, 0.6) is 0 Å². The Balaban J connectivity index is 1.00. The average Bonchev–Trinajstić information content (AvgIpc) is 4.10. The molecule has 5 unspecified atom stereocenters. The Kier molecular flexibility index (Phi) is 12.2. The number of hydrogen-bond acceptors (Lipinski definition) is 9. The molecule has 1 aliphatic heterocycles. The normalized spacial score (nSPS) is 22.7. The third-order valence-corrected chi connectivity index (χ3v) is 12.3. The fourth-order valence-corrected chi connectivity index (χ4v) is 9.05. The number of H-pyrrole nitrogens is 2. The van der Waals surface area contributed by atoms with Gasteiger partial charge in [0, 0.05) is 25.6 Å². The number of likely N-dealkylation sites (tertiary alicyclic amines) is 1. The summed E-state index contributed by atoms with van der Waals surface area (Å²) >= 11 is 0. The average molecular weight is 795 g/mol. The van der Waals surface area contributed by atoms with Gasteiger partial charge in [-0.25, -0.2) is 19.6 Å². The van der Waals surface area contributed by atoms with Gasteiger partial charge in [0.2, 0.25) is 11.8 Å². The van der Waals surface area contributed by atoms with Crippen LogP contribution in [0.25, 0.3) is 33.6 Å². The molecular formula is C43H54N8O7. The summed E-state index contributed by atoms with van der Waals surface area (Å²) in [6, 6.07) is 14.7. The van der Waals surface area contributed by atoms with E-state index < -0.39 is 30.4 Å². The van der Waals surface area contributed by atoms with E-state index in [0.717, 1.165) is 71.6 Å². The van der Waals surface area contributed by atoms with Crippen LogP contribution >= 0.6 is 0 Å². The van der Waals surface area contributed by atoms with Crippen LogP contribution in [0.4, 0.5) is 9.59 Å². The zero-order valence-electron chi connectivity index (χ0n) is 33.9. The van der Waals surface area contributed by atoms with Gasteiger partial charge in [0.05, 0.1) is 50.1 Å². The first-order chi connectivity index (χ1) is 28.0. The Morgan fingerprint density at radius 2 is 1.26 bits per heavy atom. The van der Waals surface area contributed by atoms with E-state index in [9.17, 15) is 19.2 Å². The Morgan fingerprint density at radius 1 is 0.724 bits per heavy atom. The van der Waals surface area contributed by atoms with Crippen LogP contribution in [-0.2, 0) is 23.8 Å². The number of aromatic amines is 2. The van der Waals surface area contributed by atoms with Crippen LogP contribution in [0.15, 0.2) is 60.9 Å². The van der Waals surface area contributed by atoms with E-state index in [0.29, 0.717) is 24.2 Å². The Hall–Kier alpha value is -5.70. The molecule has 8 atom stereocenters. The fraction of sp³-hybridized carbons (Fsp3) is 0.488. The predicted molar refractivity (Wildman–Crippen MR) is 216 cm³/mol. The van der Waals surface area contributed by atoms with Gasteiger partial charge < -0.3 is 45.0 Å². The van der Waals surface area contributed by atoms with Gasteiger partial charge in [-0.3, -0.25) is 9.59 Å². The second-order valence-electron chi connectivity index (χ2n) is 16.0. The molecule has 7 rings (SSSR count). The van der Waals surface area contributed by atoms with Crippen LogP contribution < -0.4 is 16.0 Å². The number of benzene rings is 2. The van der Waals surface area contributed by atoms with Gasteiger partial charge in [-0.1, -0.05) is 62.4 Å². The van der Waals surface area contributed by atoms with Crippen molar-refractivity contribution in [1.29, 1.82) is 0 Å². The summed E-state index contributed by atoms with van der Waals surface area (Å²) in [5, 5.41) is 8.60. The second kappa shape index (κ2) is 17.4. The van der Waals surface area contributed by atoms with Gasteiger partial charge in [0.15, 0.2) is 0 Å². The summed E-state index contributed by atoms with van der Waals surface area (Å²) in [7, 11) is 4.06. The summed E-state index contributed by atoms with van der Waals surface area (Å²) in [6.45, 7) is 6.09. The summed E-state index contributed by atoms with van der Waals surface area (Å²) < 4.78 is 14.9. The van der Waals surface area contributed by atoms with Gasteiger partial charge in [-0.2, -0.15) is 0 Å². The molecule has 308 valence electrons. The number of imidazole rings is 2. The van der Waals surface area contributed by atoms with Crippen molar-refractivity contribution in [1.82, 2.24) is 40.8 Å². The molecule has 2 bridgehead atoms. The zero-order valence-corrected chi connectivity index (χ0v) is 33.9. The molecule has 5 N–H and O–H groups in total. The van der Waals surface area contributed by atoms with E-state index >= 15 is 0 Å². The van der Waals surface area contributed by atoms with E-state index in [4.69, 9.17) is 19.2 Å². The number of nitrogens with zero attached hydrogens (tertiary/aromatic N) is 3. The maximum absolute atomic E-state index is 13.6. The molecule has 4 aromatic rings. The lowest BCUT2D eigenvalue weighted by atomic mass is 9.83. The minimum Gasteiger partial charge on any atom is -0.453 e. The fourth-order valence-electron chi connectivity index (χ4n) is 9.05. The Labute approximate surface area is 338 Å². The third kappa shape index (κ3) is 8.31. The maximum atomic E-state index is 13.6. The first-order valence-corrected chi connectivity index (χ1v) is 20.1. The molecule has 58 heavy (non-hydrogen) atoms. The lowest BCUT2D eigenvalue weighted by molar-refractivity contribution is -0.137. The summed E-state index contributed by atoms with van der Waals surface area (Å²) in [5.41, 5.74) is 5.86. The summed E-state index contributed by atoms with van der Waals surface area (Å²) in [4.78, 5) is 69.3. The Morgan fingerprint density at radius 3 is 1.83 bits per heavy atom. The standard InChI is InChI=1S/C43H54N8O7/c1-23(2)35(49-42(54)57-5)40(52)48-37-30-18-17-29(20-30)34(37)39-45-22-32(47-39)28-15-11-26(12-16-28)25-9-13-27(14-10-25)31-21-44-38(46-31)33-8-7-19-51(33)41(53)36(24(3)56-4)50-43(55)58-6/h9-16,21-24,29-30,33-37H,7-8,17-20H2,1-6H3,(H,44,46)(H,45,47)(H,48,52)(H,49,54)(H,50,55)/t24?,29?,30?,33-,34?,35-,36-,37?/m0/s1. The molecular weight excluding hydrogens is 741 g/mol. The number of hydrogen-bond donors (Lipinski definition) is 5. The Bertz CT molecular complexity index is 2080. The minimum absolute atomic E-state index is 0.0640. The first-order valence-electron chi connectivity index (χ1n) is 20.1. The molecule has 1 saturated heterocycles. The molecule has 3 aliphatic rings. The van der Waals surface area contributed by atoms with Crippen LogP contribution in [-0.4, -0.2) is 101 Å². The molecule has 2 aromatic heterocycles. The van der Waals surface area contributed by atoms with Crippen LogP contribution in [0.2, 0.25) is 0 Å². The lowest BCUT2D eigenvalue weighted by Crippen LogP contribution is -2.54. The highest BCUT2D eigenvalue weighted by Gasteiger charge is 2.50. The maximum Gasteiger partial charge on any atom is 0.407 e. The van der Waals surface area contributed by atoms with E-state index in [-0.39, 0.29) is 35.7 Å². The van der Waals surface area contributed by atoms with Crippen LogP contribution in [0, 0.1) is 17.8 Å². The monoisotopic (exact) mass is 794 g/mol. The van der Waals surface area contributed by atoms with Crippen molar-refractivity contribution < 1.29 is 33.4 Å². The van der Waals surface area contributed by atoms with Crippen molar-refractivity contribution in [2.24, 2.45) is 17.8 Å². The number of fused-ring (bicyclic) bond motifs is 2. The second-order valence-corrected chi connectivity index (χ2v) is 16.0. The number of alkyl carbamates (subject to hydrolysis) is 2. The quantitative estimate of drug-likeness (QED) is 0.109. The van der Waals surface area contributed by atoms with Crippen molar-refractivity contribution in [3.05, 3.63) is 72.6 Å². The molecule has 3 fully saturated rings. The highest BCUT2D eigenvalue weighted by Crippen LogP contribution is 2.52. The van der Waals surface area contributed by atoms with E-state index in [1.807, 2.05) is 20.0 Å². The third-order valence-electron chi connectivity index (χ3n) is 12.3. The zero-order chi connectivity index (χ0) is 41.1. The van der Waals surface area contributed by atoms with Gasteiger partial charge in [-0.15, -0.1) is 0 Å². The molecule has 15 heteroatoms. The van der Waals surface area contributed by atoms with Gasteiger partial charge in [0.25, 0.3) is 0 Å². The van der Waals surface area contributed by atoms with Crippen molar-refractivity contribution >= 4 is 24.0 Å². The molecule has 0 radical (unpaired) electrons. The van der Waals surface area contributed by atoms with Crippen molar-refractivity contribution in [2.75, 3.05) is 27.9 Å². The minimum atomic E-state index is -0.894. The number of aromatic nitrogens is 4. The van der Waals surface area contributed by atoms with E-state index in [2.05, 4.69) is 79.4 Å². The highest BCUT2D eigenvalue weighted by molar-refractivity contribution is 5.87. The number of methoxy groups -OCH3 is 3. The number of nitrogens with one attached hydrogen (secondary N) is 5. The number of carbonyl (C=O) groups is 4. The van der Waals surface area contributed by atoms with Gasteiger partial charge >= 0.3 is 12.2 Å². The van der Waals surface area contributed by atoms with Crippen LogP contribution in [0.3, 0.4) is 0 Å². The molecule has 2 aliphatic carbocycles. The SMILES string of the molecule is COC(=O)N[C@H](C(=O)NC1C2CCC(C2)C1c1ncc(-c2ccc(-c3ccc(-c4cnc([C@@H]5CCCN5C(=O)[C@@H](NC(=O)OC)C(C)OC)[nH]4)cc3)cc2)[nH]1)C(C)C. The largest absolute Gasteiger partial charge is 0.453 e. The summed E-state index contributed by atoms with van der Waals surface area (Å²) in [6.07, 6.45) is 6.57. The molecule has 3 heterocycles. The molecule has 15 nitrogen and oxygen atoms in total. The van der Waals surface area contributed by atoms with Crippen LogP contribution in [0.1, 0.15) is 76.5 Å². The predicted octanol–water partition coefficient (Wildman–Crippen LogP) is 5.94. The van der Waals surface area contributed by atoms with E-state index in [1.165, 1.54) is 21.3 Å². The molecule has 0 spiro atoms. The lowest BCUT2D eigenvalue weighted by Gasteiger charge is -2.32. The number of carbonyl (C=O) groups excluding carboxylic acids is 4. The van der Waals surface area contributed by atoms with Gasteiger partial charge in [-0.05, 0) is 79.0 Å². The van der Waals surface area contributed by atoms with Crippen molar-refractivity contribution in [2.45, 2.75) is 89.1 Å². The van der Waals surface area contributed by atoms with Gasteiger partial charge in [0.1, 0.15) is 23.7 Å². The number of ether oxygens (including phenoxy) is 3. The smallest absolute Gasteiger partial charge is 0.407 e. The highest BCUT2D eigenvalue weighted by atomic mass is 16.5. The molecule has 2 saturated carbocycles. The van der Waals surface area contributed by atoms with E-state index in [1.54, 1.807) is 18.0 Å². The molecule has 4 amide bonds. The number of amides is 4. The first kappa shape index (κ1) is 40.5.